The molecular formula is C15H10F3NO3S. The molecule has 0 unspecified atom stereocenters. The summed E-state index contributed by atoms with van der Waals surface area (Å²) in [5.74, 6) is -4.10. The first-order valence-corrected chi connectivity index (χ1v) is 7.80. The van der Waals surface area contributed by atoms with E-state index in [1.165, 1.54) is 12.1 Å². The third-order valence-corrected chi connectivity index (χ3v) is 4.26. The Hall–Kier alpha value is -2.53. The van der Waals surface area contributed by atoms with Crippen LogP contribution in [-0.4, -0.2) is 14.2 Å². The van der Waals surface area contributed by atoms with Crippen molar-refractivity contribution in [3.63, 3.8) is 0 Å². The Morgan fingerprint density at radius 1 is 1.17 bits per heavy atom. The van der Waals surface area contributed by atoms with Gasteiger partial charge in [-0.2, -0.15) is 14.0 Å². The minimum Gasteiger partial charge on any atom is -0.456 e. The van der Waals surface area contributed by atoms with Crippen LogP contribution in [-0.2, 0) is 9.84 Å². The molecule has 0 aliphatic carbocycles. The first-order valence-electron chi connectivity index (χ1n) is 6.25. The van der Waals surface area contributed by atoms with Gasteiger partial charge in [-0.3, -0.25) is 0 Å². The van der Waals surface area contributed by atoms with Gasteiger partial charge in [0.2, 0.25) is 9.84 Å². The monoisotopic (exact) mass is 341 g/mol. The molecule has 2 aromatic rings. The molecule has 0 saturated carbocycles. The summed E-state index contributed by atoms with van der Waals surface area (Å²) in [7, 11) is -4.81. The van der Waals surface area contributed by atoms with E-state index in [-0.39, 0.29) is 17.1 Å². The molecule has 0 atom stereocenters. The van der Waals surface area contributed by atoms with Crippen molar-refractivity contribution in [2.75, 3.05) is 0 Å². The zero-order chi connectivity index (χ0) is 17.2. The molecule has 4 nitrogen and oxygen atoms in total. The average molecular weight is 341 g/mol. The van der Waals surface area contributed by atoms with Gasteiger partial charge in [-0.25, -0.2) is 12.8 Å². The van der Waals surface area contributed by atoms with Crippen LogP contribution in [0.5, 0.6) is 11.5 Å². The van der Waals surface area contributed by atoms with Crippen molar-refractivity contribution in [1.82, 2.24) is 0 Å². The van der Waals surface area contributed by atoms with E-state index in [1.54, 1.807) is 13.0 Å². The first-order chi connectivity index (χ1) is 10.7. The van der Waals surface area contributed by atoms with E-state index in [9.17, 15) is 21.6 Å². The quantitative estimate of drug-likeness (QED) is 0.848. The van der Waals surface area contributed by atoms with Gasteiger partial charge in [0.15, 0.2) is 0 Å². The number of alkyl halides is 2. The highest BCUT2D eigenvalue weighted by molar-refractivity contribution is 7.91. The number of rotatable bonds is 4. The van der Waals surface area contributed by atoms with Crippen LogP contribution < -0.4 is 4.74 Å². The summed E-state index contributed by atoms with van der Waals surface area (Å²) >= 11 is 0. The number of hydrogen-bond acceptors (Lipinski definition) is 4. The molecule has 0 fully saturated rings. The summed E-state index contributed by atoms with van der Waals surface area (Å²) in [6, 6.07) is 8.31. The predicted octanol–water partition coefficient (Wildman–Crippen LogP) is 3.79. The minimum atomic E-state index is -4.81. The molecule has 0 bridgehead atoms. The van der Waals surface area contributed by atoms with Crippen molar-refractivity contribution in [3.8, 4) is 17.6 Å². The number of nitrogens with zero attached hydrogens (tertiary/aromatic N) is 1. The summed E-state index contributed by atoms with van der Waals surface area (Å²) in [6.07, 6.45) is 0. The Bertz CT molecular complexity index is 869. The topological polar surface area (TPSA) is 67.2 Å². The van der Waals surface area contributed by atoms with E-state index in [0.29, 0.717) is 5.56 Å². The van der Waals surface area contributed by atoms with E-state index in [0.717, 1.165) is 24.3 Å². The third-order valence-electron chi connectivity index (χ3n) is 2.88. The zero-order valence-electron chi connectivity index (χ0n) is 11.8. The Morgan fingerprint density at radius 3 is 2.43 bits per heavy atom. The Balaban J connectivity index is 2.44. The molecule has 0 aliphatic rings. The maximum absolute atomic E-state index is 13.3. The third kappa shape index (κ3) is 3.63. The number of ether oxygens (including phenoxy) is 1. The van der Waals surface area contributed by atoms with Crippen LogP contribution in [0.1, 0.15) is 11.1 Å². The zero-order valence-corrected chi connectivity index (χ0v) is 12.6. The van der Waals surface area contributed by atoms with E-state index in [2.05, 4.69) is 0 Å². The fourth-order valence-corrected chi connectivity index (χ4v) is 2.60. The summed E-state index contributed by atoms with van der Waals surface area (Å²) in [4.78, 5) is -0.688. The largest absolute Gasteiger partial charge is 0.456 e. The van der Waals surface area contributed by atoms with Crippen LogP contribution in [0.15, 0.2) is 41.3 Å². The van der Waals surface area contributed by atoms with Crippen LogP contribution in [0.3, 0.4) is 0 Å². The van der Waals surface area contributed by atoms with Crippen LogP contribution in [0, 0.1) is 24.1 Å². The van der Waals surface area contributed by atoms with E-state index in [1.807, 2.05) is 0 Å². The molecule has 0 N–H and O–H groups in total. The van der Waals surface area contributed by atoms with Crippen molar-refractivity contribution in [3.05, 3.63) is 53.3 Å². The van der Waals surface area contributed by atoms with Gasteiger partial charge in [0.05, 0.1) is 10.5 Å². The summed E-state index contributed by atoms with van der Waals surface area (Å²) in [5.41, 5.74) is 0.323. The number of benzene rings is 2. The van der Waals surface area contributed by atoms with Gasteiger partial charge >= 0.3 is 5.76 Å². The number of halogens is 3. The second-order valence-corrected chi connectivity index (χ2v) is 6.56. The van der Waals surface area contributed by atoms with Crippen LogP contribution >= 0.6 is 0 Å². The fourth-order valence-electron chi connectivity index (χ4n) is 1.85. The van der Waals surface area contributed by atoms with Gasteiger partial charge in [0.25, 0.3) is 0 Å². The van der Waals surface area contributed by atoms with Crippen LogP contribution in [0.2, 0.25) is 0 Å². The Morgan fingerprint density at radius 2 is 1.87 bits per heavy atom. The maximum atomic E-state index is 13.3. The summed E-state index contributed by atoms with van der Waals surface area (Å²) in [6.45, 7) is 1.64. The van der Waals surface area contributed by atoms with Gasteiger partial charge in [-0.05, 0) is 42.8 Å². The van der Waals surface area contributed by atoms with Gasteiger partial charge in [-0.1, -0.05) is 0 Å². The van der Waals surface area contributed by atoms with Gasteiger partial charge < -0.3 is 4.74 Å². The second kappa shape index (κ2) is 6.30. The molecule has 0 aromatic heterocycles. The number of aryl methyl sites for hydroxylation is 1. The molecule has 2 aromatic carbocycles. The lowest BCUT2D eigenvalue weighted by molar-refractivity contribution is 0.234. The standard InChI is InChI=1S/C15H10F3NO3S/c1-9-4-11(16)7-12(5-9)22-14-3-2-13(6-10(14)8-19)23(20,21)15(17)18/h2-7,15H,1H3. The summed E-state index contributed by atoms with van der Waals surface area (Å²) < 4.78 is 66.5. The first kappa shape index (κ1) is 16.8. The smallest absolute Gasteiger partial charge is 0.341 e. The molecule has 0 amide bonds. The van der Waals surface area contributed by atoms with Crippen molar-refractivity contribution >= 4 is 9.84 Å². The maximum Gasteiger partial charge on any atom is 0.341 e. The van der Waals surface area contributed by atoms with E-state index < -0.39 is 26.3 Å². The molecule has 8 heteroatoms. The number of sulfone groups is 1. The molecule has 0 spiro atoms. The lowest BCUT2D eigenvalue weighted by atomic mass is 10.2. The van der Waals surface area contributed by atoms with Gasteiger partial charge in [0, 0.05) is 6.07 Å². The Labute approximate surface area is 130 Å². The molecule has 2 rings (SSSR count). The van der Waals surface area contributed by atoms with E-state index >= 15 is 0 Å². The molecule has 120 valence electrons. The molecule has 0 heterocycles. The normalized spacial score (nSPS) is 11.3. The number of hydrogen-bond donors (Lipinski definition) is 0. The highest BCUT2D eigenvalue weighted by atomic mass is 32.2. The van der Waals surface area contributed by atoms with Crippen molar-refractivity contribution in [2.45, 2.75) is 17.6 Å². The minimum absolute atomic E-state index is 0.0642. The Kier molecular flexibility index (Phi) is 4.61. The van der Waals surface area contributed by atoms with Gasteiger partial charge in [-0.15, -0.1) is 0 Å². The highest BCUT2D eigenvalue weighted by Gasteiger charge is 2.27. The average Bonchev–Trinajstić information content (AvgIpc) is 2.46. The molecule has 23 heavy (non-hydrogen) atoms. The molecule has 0 radical (unpaired) electrons. The highest BCUT2D eigenvalue weighted by Crippen LogP contribution is 2.29. The predicted molar refractivity (Wildman–Crippen MR) is 75.6 cm³/mol. The van der Waals surface area contributed by atoms with E-state index in [4.69, 9.17) is 10.00 Å². The van der Waals surface area contributed by atoms with Crippen LogP contribution in [0.4, 0.5) is 13.2 Å². The lowest BCUT2D eigenvalue weighted by Gasteiger charge is -2.10. The molecule has 0 aliphatic heterocycles. The van der Waals surface area contributed by atoms with Crippen LogP contribution in [0.25, 0.3) is 0 Å². The van der Waals surface area contributed by atoms with Crippen molar-refractivity contribution in [1.29, 1.82) is 5.26 Å². The summed E-state index contributed by atoms with van der Waals surface area (Å²) in [5, 5.41) is 9.05. The SMILES string of the molecule is Cc1cc(F)cc(Oc2ccc(S(=O)(=O)C(F)F)cc2C#N)c1. The molecular weight excluding hydrogens is 331 g/mol. The van der Waals surface area contributed by atoms with Crippen molar-refractivity contribution in [2.24, 2.45) is 0 Å². The van der Waals surface area contributed by atoms with Gasteiger partial charge in [0.1, 0.15) is 23.4 Å². The second-order valence-electron chi connectivity index (χ2n) is 4.64. The van der Waals surface area contributed by atoms with Crippen molar-refractivity contribution < 1.29 is 26.3 Å². The fraction of sp³-hybridized carbons (Fsp3) is 0.133. The molecule has 0 saturated heterocycles. The number of nitriles is 1. The lowest BCUT2D eigenvalue weighted by Crippen LogP contribution is -2.11.